The summed E-state index contributed by atoms with van der Waals surface area (Å²) in [7, 11) is 1.49. The first-order valence-electron chi connectivity index (χ1n) is 5.53. The average Bonchev–Trinajstić information content (AvgIpc) is 2.89. The molecule has 3 aliphatic rings. The second-order valence-corrected chi connectivity index (χ2v) is 4.83. The van der Waals surface area contributed by atoms with Crippen LogP contribution in [-0.2, 0) is 14.3 Å². The highest BCUT2D eigenvalue weighted by Crippen LogP contribution is 2.53. The molecule has 0 aromatic heterocycles. The summed E-state index contributed by atoms with van der Waals surface area (Å²) in [5, 5.41) is 0. The molecule has 3 heteroatoms. The molecule has 1 heterocycles. The predicted molar refractivity (Wildman–Crippen MR) is 49.6 cm³/mol. The summed E-state index contributed by atoms with van der Waals surface area (Å²) in [5.41, 5.74) is 0. The van der Waals surface area contributed by atoms with E-state index >= 15 is 0 Å². The van der Waals surface area contributed by atoms with Crippen LogP contribution in [-0.4, -0.2) is 25.3 Å². The molecule has 2 saturated carbocycles. The summed E-state index contributed by atoms with van der Waals surface area (Å²) >= 11 is 0. The Bertz CT molecular complexity index is 263. The molecule has 2 aliphatic carbocycles. The van der Waals surface area contributed by atoms with Crippen LogP contribution >= 0.6 is 0 Å². The van der Waals surface area contributed by atoms with Crippen molar-refractivity contribution in [3.63, 3.8) is 0 Å². The van der Waals surface area contributed by atoms with E-state index in [0.717, 1.165) is 31.1 Å². The Hall–Kier alpha value is -0.570. The Labute approximate surface area is 83.8 Å². The van der Waals surface area contributed by atoms with Crippen LogP contribution < -0.4 is 0 Å². The third-order valence-corrected chi connectivity index (χ3v) is 4.15. The standard InChI is InChI=1S/C11H16O3/c1-13-11(12)6-2-3-8-7(4-6)5-9-10(8)14-9/h6-10H,2-5H2,1H3. The van der Waals surface area contributed by atoms with E-state index in [0.29, 0.717) is 12.2 Å². The Morgan fingerprint density at radius 2 is 2.21 bits per heavy atom. The molecule has 5 atom stereocenters. The van der Waals surface area contributed by atoms with Crippen molar-refractivity contribution in [2.24, 2.45) is 17.8 Å². The van der Waals surface area contributed by atoms with E-state index in [4.69, 9.17) is 9.47 Å². The van der Waals surface area contributed by atoms with Gasteiger partial charge in [0.05, 0.1) is 25.2 Å². The number of carbonyl (C=O) groups is 1. The topological polar surface area (TPSA) is 38.8 Å². The van der Waals surface area contributed by atoms with Crippen molar-refractivity contribution >= 4 is 5.97 Å². The SMILES string of the molecule is COC(=O)C1CCC2C(C1)CC1OC12. The molecule has 0 aromatic carbocycles. The zero-order chi connectivity index (χ0) is 9.71. The van der Waals surface area contributed by atoms with Gasteiger partial charge in [0.25, 0.3) is 0 Å². The lowest BCUT2D eigenvalue weighted by Gasteiger charge is -2.31. The molecule has 0 aromatic rings. The van der Waals surface area contributed by atoms with Crippen molar-refractivity contribution in [2.45, 2.75) is 37.9 Å². The molecule has 0 N–H and O–H groups in total. The second-order valence-electron chi connectivity index (χ2n) is 4.83. The van der Waals surface area contributed by atoms with Crippen molar-refractivity contribution < 1.29 is 14.3 Å². The highest BCUT2D eigenvalue weighted by atomic mass is 16.6. The molecule has 1 saturated heterocycles. The number of rotatable bonds is 1. The van der Waals surface area contributed by atoms with Crippen molar-refractivity contribution in [1.29, 1.82) is 0 Å². The van der Waals surface area contributed by atoms with Crippen molar-refractivity contribution in [3.05, 3.63) is 0 Å². The number of methoxy groups -OCH3 is 1. The summed E-state index contributed by atoms with van der Waals surface area (Å²) in [4.78, 5) is 11.4. The van der Waals surface area contributed by atoms with Crippen molar-refractivity contribution in [1.82, 2.24) is 0 Å². The van der Waals surface area contributed by atoms with E-state index in [2.05, 4.69) is 0 Å². The number of fused-ring (bicyclic) bond motifs is 3. The first-order valence-corrected chi connectivity index (χ1v) is 5.53. The summed E-state index contributed by atoms with van der Waals surface area (Å²) in [6.07, 6.45) is 5.47. The van der Waals surface area contributed by atoms with Crippen LogP contribution in [0.1, 0.15) is 25.7 Å². The van der Waals surface area contributed by atoms with Gasteiger partial charge in [-0.25, -0.2) is 0 Å². The van der Waals surface area contributed by atoms with E-state index in [1.165, 1.54) is 13.5 Å². The molecule has 3 rings (SSSR count). The zero-order valence-electron chi connectivity index (χ0n) is 8.44. The number of esters is 1. The maximum absolute atomic E-state index is 11.4. The molecule has 0 amide bonds. The zero-order valence-corrected chi connectivity index (χ0v) is 8.44. The van der Waals surface area contributed by atoms with Crippen molar-refractivity contribution in [2.75, 3.05) is 7.11 Å². The van der Waals surface area contributed by atoms with Crippen LogP contribution in [0.4, 0.5) is 0 Å². The molecule has 1 aliphatic heterocycles. The van der Waals surface area contributed by atoms with Gasteiger partial charge in [0, 0.05) is 0 Å². The minimum absolute atomic E-state index is 0.00931. The number of ether oxygens (including phenoxy) is 2. The van der Waals surface area contributed by atoms with Gasteiger partial charge in [0.2, 0.25) is 0 Å². The quantitative estimate of drug-likeness (QED) is 0.469. The molecule has 0 radical (unpaired) electrons. The second kappa shape index (κ2) is 2.96. The number of hydrogen-bond acceptors (Lipinski definition) is 3. The average molecular weight is 196 g/mol. The van der Waals surface area contributed by atoms with E-state index in [-0.39, 0.29) is 11.9 Å². The minimum atomic E-state index is -0.00931. The van der Waals surface area contributed by atoms with Crippen LogP contribution in [0.2, 0.25) is 0 Å². The Morgan fingerprint density at radius 1 is 1.36 bits per heavy atom. The summed E-state index contributed by atoms with van der Waals surface area (Å²) < 4.78 is 10.3. The van der Waals surface area contributed by atoms with E-state index in [9.17, 15) is 4.79 Å². The maximum atomic E-state index is 11.4. The lowest BCUT2D eigenvalue weighted by molar-refractivity contribution is -0.147. The molecule has 14 heavy (non-hydrogen) atoms. The van der Waals surface area contributed by atoms with Gasteiger partial charge < -0.3 is 9.47 Å². The highest BCUT2D eigenvalue weighted by molar-refractivity contribution is 5.72. The van der Waals surface area contributed by atoms with Crippen LogP contribution in [0.15, 0.2) is 0 Å². The van der Waals surface area contributed by atoms with Gasteiger partial charge in [-0.1, -0.05) is 0 Å². The monoisotopic (exact) mass is 196 g/mol. The number of hydrogen-bond donors (Lipinski definition) is 0. The molecule has 78 valence electrons. The summed E-state index contributed by atoms with van der Waals surface area (Å²) in [6.45, 7) is 0. The normalized spacial score (nSPS) is 49.4. The van der Waals surface area contributed by atoms with E-state index in [1.807, 2.05) is 0 Å². The summed E-state index contributed by atoms with van der Waals surface area (Å²) in [6, 6.07) is 0. The lowest BCUT2D eigenvalue weighted by atomic mass is 9.75. The molecular formula is C11H16O3. The fourth-order valence-corrected chi connectivity index (χ4v) is 3.39. The van der Waals surface area contributed by atoms with Gasteiger partial charge in [-0.3, -0.25) is 4.79 Å². The van der Waals surface area contributed by atoms with Crippen LogP contribution in [0.5, 0.6) is 0 Å². The predicted octanol–water partition coefficient (Wildman–Crippen LogP) is 1.36. The van der Waals surface area contributed by atoms with Gasteiger partial charge in [-0.05, 0) is 37.5 Å². The first-order chi connectivity index (χ1) is 6.79. The van der Waals surface area contributed by atoms with Gasteiger partial charge in [-0.2, -0.15) is 0 Å². The smallest absolute Gasteiger partial charge is 0.308 e. The molecule has 3 fully saturated rings. The lowest BCUT2D eigenvalue weighted by Crippen LogP contribution is -2.29. The highest BCUT2D eigenvalue weighted by Gasteiger charge is 2.56. The molecule has 0 spiro atoms. The van der Waals surface area contributed by atoms with Gasteiger partial charge in [-0.15, -0.1) is 0 Å². The van der Waals surface area contributed by atoms with Gasteiger partial charge in [0.15, 0.2) is 0 Å². The Morgan fingerprint density at radius 3 is 3.00 bits per heavy atom. The third-order valence-electron chi connectivity index (χ3n) is 4.15. The molecule has 3 nitrogen and oxygen atoms in total. The van der Waals surface area contributed by atoms with Crippen LogP contribution in [0.3, 0.4) is 0 Å². The van der Waals surface area contributed by atoms with Gasteiger partial charge >= 0.3 is 5.97 Å². The largest absolute Gasteiger partial charge is 0.469 e. The maximum Gasteiger partial charge on any atom is 0.308 e. The molecule has 5 unspecified atom stereocenters. The fraction of sp³-hybridized carbons (Fsp3) is 0.909. The van der Waals surface area contributed by atoms with Crippen LogP contribution in [0.25, 0.3) is 0 Å². The Kier molecular flexibility index (Phi) is 1.84. The molecular weight excluding hydrogens is 180 g/mol. The van der Waals surface area contributed by atoms with Crippen LogP contribution in [0, 0.1) is 17.8 Å². The minimum Gasteiger partial charge on any atom is -0.469 e. The first kappa shape index (κ1) is 8.72. The number of carbonyl (C=O) groups excluding carboxylic acids is 1. The van der Waals surface area contributed by atoms with E-state index < -0.39 is 0 Å². The van der Waals surface area contributed by atoms with Crippen molar-refractivity contribution in [3.8, 4) is 0 Å². The third kappa shape index (κ3) is 1.18. The summed E-state index contributed by atoms with van der Waals surface area (Å²) in [5.74, 6) is 1.64. The fourth-order valence-electron chi connectivity index (χ4n) is 3.39. The Balaban J connectivity index is 1.65. The molecule has 0 bridgehead atoms. The number of epoxide rings is 1. The van der Waals surface area contributed by atoms with Gasteiger partial charge in [0.1, 0.15) is 0 Å². The van der Waals surface area contributed by atoms with E-state index in [1.54, 1.807) is 0 Å².